The summed E-state index contributed by atoms with van der Waals surface area (Å²) < 4.78 is 46.6. The molecule has 0 bridgehead atoms. The molecule has 8 heteroatoms. The van der Waals surface area contributed by atoms with Gasteiger partial charge in [-0.3, -0.25) is 4.79 Å². The molecule has 0 unspecified atom stereocenters. The molecule has 0 heterocycles. The van der Waals surface area contributed by atoms with E-state index < -0.39 is 27.9 Å². The van der Waals surface area contributed by atoms with Crippen LogP contribution in [0.5, 0.6) is 0 Å². The summed E-state index contributed by atoms with van der Waals surface area (Å²) in [6.07, 6.45) is -2.63. The molecule has 0 spiro atoms. The van der Waals surface area contributed by atoms with Gasteiger partial charge in [-0.1, -0.05) is 0 Å². The van der Waals surface area contributed by atoms with Crippen molar-refractivity contribution in [2.24, 2.45) is 0 Å². The van der Waals surface area contributed by atoms with Gasteiger partial charge in [0.15, 0.2) is 0 Å². The normalized spacial score (nSPS) is 11.7. The summed E-state index contributed by atoms with van der Waals surface area (Å²) in [7, 11) is 2.54. The molecule has 1 aromatic carbocycles. The molecule has 0 saturated carbocycles. The second-order valence-electron chi connectivity index (χ2n) is 3.99. The van der Waals surface area contributed by atoms with Crippen LogP contribution in [0.4, 0.5) is 8.78 Å². The van der Waals surface area contributed by atoms with Crippen LogP contribution in [0.3, 0.4) is 0 Å². The van der Waals surface area contributed by atoms with E-state index in [9.17, 15) is 22.0 Å². The molecule has 4 nitrogen and oxygen atoms in total. The van der Waals surface area contributed by atoms with E-state index in [4.69, 9.17) is 10.7 Å². The molecule has 0 fully saturated rings. The first-order valence-corrected chi connectivity index (χ1v) is 7.52. The molecule has 1 amide bonds. The van der Waals surface area contributed by atoms with Crippen LogP contribution in [-0.2, 0) is 9.05 Å². The Bertz CT molecular complexity index is 590. The predicted molar refractivity (Wildman–Crippen MR) is 67.2 cm³/mol. The Morgan fingerprint density at radius 3 is 2.42 bits per heavy atom. The molecular weight excluding hydrogens is 300 g/mol. The molecule has 106 valence electrons. The number of alkyl halides is 2. The summed E-state index contributed by atoms with van der Waals surface area (Å²) in [4.78, 5) is 12.6. The second-order valence-corrected chi connectivity index (χ2v) is 6.56. The fourth-order valence-corrected chi connectivity index (χ4v) is 2.36. The van der Waals surface area contributed by atoms with E-state index in [1.54, 1.807) is 0 Å². The highest BCUT2D eigenvalue weighted by Gasteiger charge is 2.19. The average Bonchev–Trinajstić information content (AvgIpc) is 2.25. The molecule has 1 rings (SSSR count). The van der Waals surface area contributed by atoms with Crippen molar-refractivity contribution in [3.05, 3.63) is 29.3 Å². The van der Waals surface area contributed by atoms with E-state index in [-0.39, 0.29) is 10.5 Å². The molecule has 0 atom stereocenters. The number of halogens is 3. The van der Waals surface area contributed by atoms with E-state index >= 15 is 0 Å². The third kappa shape index (κ3) is 4.14. The van der Waals surface area contributed by atoms with Gasteiger partial charge in [-0.15, -0.1) is 0 Å². The standard InChI is InChI=1S/C11H12ClF2NO3S/c1-7-5-8(19(12,17)18)3-4-9(7)11(16)15(2)6-10(13)14/h3-5,10H,6H2,1-2H3. The topological polar surface area (TPSA) is 54.5 Å². The van der Waals surface area contributed by atoms with Gasteiger partial charge in [-0.2, -0.15) is 0 Å². The van der Waals surface area contributed by atoms with Crippen molar-refractivity contribution >= 4 is 25.6 Å². The Balaban J connectivity index is 3.07. The van der Waals surface area contributed by atoms with Gasteiger partial charge in [-0.05, 0) is 30.7 Å². The molecule has 0 saturated heterocycles. The van der Waals surface area contributed by atoms with Gasteiger partial charge in [0.05, 0.1) is 11.4 Å². The van der Waals surface area contributed by atoms with Gasteiger partial charge in [0.2, 0.25) is 0 Å². The maximum atomic E-state index is 12.2. The number of benzene rings is 1. The smallest absolute Gasteiger partial charge is 0.261 e. The van der Waals surface area contributed by atoms with Crippen molar-refractivity contribution in [1.82, 2.24) is 4.90 Å². The van der Waals surface area contributed by atoms with Crippen LogP contribution in [0.2, 0.25) is 0 Å². The molecule has 0 aliphatic carbocycles. The maximum absolute atomic E-state index is 12.2. The number of aryl methyl sites for hydroxylation is 1. The van der Waals surface area contributed by atoms with E-state index in [1.165, 1.54) is 32.2 Å². The van der Waals surface area contributed by atoms with E-state index in [0.29, 0.717) is 5.56 Å². The molecule has 0 aliphatic heterocycles. The Labute approximate surface area is 114 Å². The summed E-state index contributed by atoms with van der Waals surface area (Å²) in [5, 5.41) is 0. The van der Waals surface area contributed by atoms with E-state index in [2.05, 4.69) is 0 Å². The third-order valence-corrected chi connectivity index (χ3v) is 3.82. The van der Waals surface area contributed by atoms with E-state index in [1.807, 2.05) is 0 Å². The minimum atomic E-state index is -3.88. The summed E-state index contributed by atoms with van der Waals surface area (Å²) in [6.45, 7) is 0.822. The highest BCUT2D eigenvalue weighted by molar-refractivity contribution is 8.13. The first-order chi connectivity index (χ1) is 8.62. The number of carbonyl (C=O) groups excluding carboxylic acids is 1. The van der Waals surface area contributed by atoms with E-state index in [0.717, 1.165) is 4.90 Å². The fourth-order valence-electron chi connectivity index (χ4n) is 1.52. The lowest BCUT2D eigenvalue weighted by molar-refractivity contribution is 0.0619. The van der Waals surface area contributed by atoms with Crippen LogP contribution in [0.25, 0.3) is 0 Å². The van der Waals surface area contributed by atoms with Gasteiger partial charge in [-0.25, -0.2) is 17.2 Å². The van der Waals surface area contributed by atoms with Crippen molar-refractivity contribution in [3.63, 3.8) is 0 Å². The lowest BCUT2D eigenvalue weighted by Crippen LogP contribution is -2.31. The zero-order valence-electron chi connectivity index (χ0n) is 10.2. The van der Waals surface area contributed by atoms with Crippen LogP contribution in [0, 0.1) is 6.92 Å². The van der Waals surface area contributed by atoms with Crippen molar-refractivity contribution in [2.45, 2.75) is 18.2 Å². The van der Waals surface area contributed by atoms with Crippen LogP contribution in [-0.4, -0.2) is 39.2 Å². The Hall–Kier alpha value is -1.21. The summed E-state index contributed by atoms with van der Waals surface area (Å²) in [5.74, 6) is -0.601. The predicted octanol–water partition coefficient (Wildman–Crippen LogP) is 2.26. The molecule has 1 aromatic rings. The first-order valence-electron chi connectivity index (χ1n) is 5.22. The van der Waals surface area contributed by atoms with Crippen molar-refractivity contribution in [1.29, 1.82) is 0 Å². The minimum Gasteiger partial charge on any atom is -0.336 e. The third-order valence-electron chi connectivity index (χ3n) is 2.47. The van der Waals surface area contributed by atoms with Crippen molar-refractivity contribution in [3.8, 4) is 0 Å². The van der Waals surface area contributed by atoms with Gasteiger partial charge in [0.1, 0.15) is 0 Å². The second kappa shape index (κ2) is 5.83. The summed E-state index contributed by atoms with van der Waals surface area (Å²) >= 11 is 0. The highest BCUT2D eigenvalue weighted by atomic mass is 35.7. The highest BCUT2D eigenvalue weighted by Crippen LogP contribution is 2.20. The van der Waals surface area contributed by atoms with Crippen LogP contribution in [0.15, 0.2) is 23.1 Å². The number of hydrogen-bond acceptors (Lipinski definition) is 3. The number of amides is 1. The summed E-state index contributed by atoms with van der Waals surface area (Å²) in [6, 6.07) is 3.65. The quantitative estimate of drug-likeness (QED) is 0.802. The number of hydrogen-bond donors (Lipinski definition) is 0. The summed E-state index contributed by atoms with van der Waals surface area (Å²) in [5.41, 5.74) is 0.514. The molecule has 0 N–H and O–H groups in total. The zero-order valence-corrected chi connectivity index (χ0v) is 11.8. The van der Waals surface area contributed by atoms with Gasteiger partial charge >= 0.3 is 0 Å². The van der Waals surface area contributed by atoms with Crippen LogP contribution < -0.4 is 0 Å². The Morgan fingerprint density at radius 1 is 1.42 bits per heavy atom. The lowest BCUT2D eigenvalue weighted by atomic mass is 10.1. The average molecular weight is 312 g/mol. The Kier molecular flexibility index (Phi) is 4.86. The van der Waals surface area contributed by atoms with Crippen LogP contribution in [0.1, 0.15) is 15.9 Å². The largest absolute Gasteiger partial charge is 0.336 e. The zero-order chi connectivity index (χ0) is 14.8. The SMILES string of the molecule is Cc1cc(S(=O)(=O)Cl)ccc1C(=O)N(C)CC(F)F. The molecule has 0 radical (unpaired) electrons. The monoisotopic (exact) mass is 311 g/mol. The Morgan fingerprint density at radius 2 is 2.00 bits per heavy atom. The molecule has 0 aromatic heterocycles. The maximum Gasteiger partial charge on any atom is 0.261 e. The van der Waals surface area contributed by atoms with Gasteiger partial charge in [0.25, 0.3) is 21.4 Å². The fraction of sp³-hybridized carbons (Fsp3) is 0.364. The number of nitrogens with zero attached hydrogens (tertiary/aromatic N) is 1. The van der Waals surface area contributed by atoms with Crippen LogP contribution >= 0.6 is 10.7 Å². The lowest BCUT2D eigenvalue weighted by Gasteiger charge is -2.17. The van der Waals surface area contributed by atoms with Crippen molar-refractivity contribution < 1.29 is 22.0 Å². The van der Waals surface area contributed by atoms with Gasteiger partial charge < -0.3 is 4.90 Å². The first kappa shape index (κ1) is 15.8. The van der Waals surface area contributed by atoms with Crippen molar-refractivity contribution in [2.75, 3.05) is 13.6 Å². The minimum absolute atomic E-state index is 0.139. The number of carbonyl (C=O) groups is 1. The molecule has 0 aliphatic rings. The molecular formula is C11H12ClF2NO3S. The number of rotatable bonds is 4. The molecule has 19 heavy (non-hydrogen) atoms. The van der Waals surface area contributed by atoms with Gasteiger partial charge in [0, 0.05) is 23.3 Å².